The number of nitrogens with zero attached hydrogens (tertiary/aromatic N) is 2. The Bertz CT molecular complexity index is 937. The van der Waals surface area contributed by atoms with Crippen LogP contribution in [0.2, 0.25) is 0 Å². The van der Waals surface area contributed by atoms with Crippen molar-refractivity contribution in [1.29, 1.82) is 0 Å². The average Bonchev–Trinajstić information content (AvgIpc) is 2.83. The van der Waals surface area contributed by atoms with Crippen LogP contribution in [-0.4, -0.2) is 15.0 Å². The molecule has 1 heterocycles. The van der Waals surface area contributed by atoms with E-state index in [0.29, 0.717) is 6.54 Å². The van der Waals surface area contributed by atoms with E-state index < -0.39 is 0 Å². The van der Waals surface area contributed by atoms with E-state index in [-0.39, 0.29) is 18.1 Å². The molecule has 3 rings (SSSR count). The third-order valence-electron chi connectivity index (χ3n) is 4.09. The number of carbonyl (C=O) groups is 1. The summed E-state index contributed by atoms with van der Waals surface area (Å²) in [5.41, 5.74) is 3.28. The molecule has 2 aromatic carbocycles. The summed E-state index contributed by atoms with van der Waals surface area (Å²) in [5, 5.41) is 2.88. The van der Waals surface area contributed by atoms with E-state index in [9.17, 15) is 9.59 Å². The average molecular weight is 323 g/mol. The monoisotopic (exact) mass is 323 g/mol. The SMILES string of the molecule is CCCn1c(=O)n(CC(=O)Nc2ccccc2C)c2ccccc21. The Balaban J connectivity index is 1.93. The summed E-state index contributed by atoms with van der Waals surface area (Å²) >= 11 is 0. The number of aryl methyl sites for hydroxylation is 2. The van der Waals surface area contributed by atoms with Gasteiger partial charge in [-0.2, -0.15) is 0 Å². The van der Waals surface area contributed by atoms with Crippen LogP contribution in [0.15, 0.2) is 53.3 Å². The molecule has 5 heteroatoms. The van der Waals surface area contributed by atoms with Gasteiger partial charge in [0.05, 0.1) is 11.0 Å². The summed E-state index contributed by atoms with van der Waals surface area (Å²) in [4.78, 5) is 25.1. The number of anilines is 1. The molecule has 0 aliphatic rings. The quantitative estimate of drug-likeness (QED) is 0.784. The highest BCUT2D eigenvalue weighted by Crippen LogP contribution is 2.15. The van der Waals surface area contributed by atoms with Crippen molar-refractivity contribution in [3.8, 4) is 0 Å². The zero-order chi connectivity index (χ0) is 17.1. The van der Waals surface area contributed by atoms with Crippen LogP contribution >= 0.6 is 0 Å². The lowest BCUT2D eigenvalue weighted by Gasteiger charge is -2.08. The molecule has 0 aliphatic carbocycles. The van der Waals surface area contributed by atoms with Crippen molar-refractivity contribution in [2.24, 2.45) is 0 Å². The fourth-order valence-electron chi connectivity index (χ4n) is 2.91. The zero-order valence-electron chi connectivity index (χ0n) is 14.0. The summed E-state index contributed by atoms with van der Waals surface area (Å²) in [6.45, 7) is 4.62. The van der Waals surface area contributed by atoms with Crippen LogP contribution in [0.25, 0.3) is 11.0 Å². The summed E-state index contributed by atoms with van der Waals surface area (Å²) in [5.74, 6) is -0.203. The molecule has 1 amide bonds. The molecule has 0 unspecified atom stereocenters. The molecular formula is C19H21N3O2. The van der Waals surface area contributed by atoms with E-state index in [4.69, 9.17) is 0 Å². The molecule has 0 radical (unpaired) electrons. The van der Waals surface area contributed by atoms with Gasteiger partial charge in [0.25, 0.3) is 0 Å². The van der Waals surface area contributed by atoms with Crippen LogP contribution in [0.1, 0.15) is 18.9 Å². The summed E-state index contributed by atoms with van der Waals surface area (Å²) < 4.78 is 3.27. The number of amides is 1. The maximum absolute atomic E-state index is 12.7. The molecule has 1 N–H and O–H groups in total. The standard InChI is InChI=1S/C19H21N3O2/c1-3-12-21-16-10-6-7-11-17(16)22(19(21)24)13-18(23)20-15-9-5-4-8-14(15)2/h4-11H,3,12-13H2,1-2H3,(H,20,23). The van der Waals surface area contributed by atoms with Crippen molar-refractivity contribution in [3.63, 3.8) is 0 Å². The van der Waals surface area contributed by atoms with Crippen molar-refractivity contribution in [3.05, 3.63) is 64.6 Å². The Morgan fingerprint density at radius 2 is 1.62 bits per heavy atom. The number of benzene rings is 2. The van der Waals surface area contributed by atoms with Gasteiger partial charge < -0.3 is 5.32 Å². The molecular weight excluding hydrogens is 302 g/mol. The Morgan fingerprint density at radius 3 is 2.29 bits per heavy atom. The van der Waals surface area contributed by atoms with Gasteiger partial charge in [-0.1, -0.05) is 37.3 Å². The molecule has 24 heavy (non-hydrogen) atoms. The van der Waals surface area contributed by atoms with Gasteiger partial charge in [0.2, 0.25) is 5.91 Å². The largest absolute Gasteiger partial charge is 0.329 e. The van der Waals surface area contributed by atoms with E-state index in [1.165, 1.54) is 0 Å². The summed E-state index contributed by atoms with van der Waals surface area (Å²) in [6.07, 6.45) is 0.864. The Hall–Kier alpha value is -2.82. The van der Waals surface area contributed by atoms with Gasteiger partial charge in [-0.05, 0) is 37.1 Å². The second kappa shape index (κ2) is 6.74. The molecule has 1 aromatic heterocycles. The predicted octanol–water partition coefficient (Wildman–Crippen LogP) is 3.16. The lowest BCUT2D eigenvalue weighted by Crippen LogP contribution is -2.29. The van der Waals surface area contributed by atoms with Gasteiger partial charge in [0, 0.05) is 12.2 Å². The van der Waals surface area contributed by atoms with Crippen LogP contribution in [0.4, 0.5) is 5.69 Å². The normalized spacial score (nSPS) is 10.9. The number of carbonyl (C=O) groups excluding carboxylic acids is 1. The molecule has 0 bridgehead atoms. The fraction of sp³-hybridized carbons (Fsp3) is 0.263. The highest BCUT2D eigenvalue weighted by Gasteiger charge is 2.15. The number of imidazole rings is 1. The van der Waals surface area contributed by atoms with Crippen molar-refractivity contribution in [2.75, 3.05) is 5.32 Å². The number of para-hydroxylation sites is 3. The molecule has 0 aliphatic heterocycles. The van der Waals surface area contributed by atoms with Gasteiger partial charge in [-0.25, -0.2) is 4.79 Å². The first-order valence-corrected chi connectivity index (χ1v) is 8.15. The van der Waals surface area contributed by atoms with Crippen molar-refractivity contribution in [1.82, 2.24) is 9.13 Å². The number of nitrogens with one attached hydrogen (secondary N) is 1. The summed E-state index contributed by atoms with van der Waals surface area (Å²) in [7, 11) is 0. The third kappa shape index (κ3) is 2.97. The van der Waals surface area contributed by atoms with Crippen LogP contribution in [0, 0.1) is 6.92 Å². The van der Waals surface area contributed by atoms with E-state index in [1.807, 2.05) is 62.4 Å². The molecule has 0 spiro atoms. The van der Waals surface area contributed by atoms with Crippen molar-refractivity contribution in [2.45, 2.75) is 33.4 Å². The second-order valence-corrected chi connectivity index (χ2v) is 5.87. The van der Waals surface area contributed by atoms with Gasteiger partial charge in [-0.3, -0.25) is 13.9 Å². The van der Waals surface area contributed by atoms with Crippen LogP contribution in [0.5, 0.6) is 0 Å². The first-order chi connectivity index (χ1) is 11.6. The minimum Gasteiger partial charge on any atom is -0.324 e. The first kappa shape index (κ1) is 16.1. The maximum Gasteiger partial charge on any atom is 0.329 e. The van der Waals surface area contributed by atoms with Crippen LogP contribution in [0.3, 0.4) is 0 Å². The van der Waals surface area contributed by atoms with E-state index in [2.05, 4.69) is 5.32 Å². The Labute approximate surface area is 140 Å². The maximum atomic E-state index is 12.7. The third-order valence-corrected chi connectivity index (χ3v) is 4.09. The second-order valence-electron chi connectivity index (χ2n) is 5.87. The fourth-order valence-corrected chi connectivity index (χ4v) is 2.91. The van der Waals surface area contributed by atoms with E-state index in [1.54, 1.807) is 9.13 Å². The van der Waals surface area contributed by atoms with E-state index in [0.717, 1.165) is 28.7 Å². The Kier molecular flexibility index (Phi) is 4.51. The minimum absolute atomic E-state index is 0.00436. The minimum atomic E-state index is -0.203. The number of hydrogen-bond acceptors (Lipinski definition) is 2. The molecule has 0 saturated heterocycles. The van der Waals surface area contributed by atoms with E-state index >= 15 is 0 Å². The first-order valence-electron chi connectivity index (χ1n) is 8.15. The molecule has 0 fully saturated rings. The van der Waals surface area contributed by atoms with Gasteiger partial charge in [-0.15, -0.1) is 0 Å². The van der Waals surface area contributed by atoms with Crippen LogP contribution < -0.4 is 11.0 Å². The molecule has 5 nitrogen and oxygen atoms in total. The number of hydrogen-bond donors (Lipinski definition) is 1. The lowest BCUT2D eigenvalue weighted by atomic mass is 10.2. The Morgan fingerprint density at radius 1 is 1.00 bits per heavy atom. The molecule has 0 atom stereocenters. The smallest absolute Gasteiger partial charge is 0.324 e. The van der Waals surface area contributed by atoms with Crippen molar-refractivity contribution >= 4 is 22.6 Å². The molecule has 124 valence electrons. The number of rotatable bonds is 5. The van der Waals surface area contributed by atoms with Gasteiger partial charge in [0.1, 0.15) is 6.54 Å². The number of fused-ring (bicyclic) bond motifs is 1. The summed E-state index contributed by atoms with van der Waals surface area (Å²) in [6, 6.07) is 15.2. The number of aromatic nitrogens is 2. The molecule has 3 aromatic rings. The highest BCUT2D eigenvalue weighted by molar-refractivity contribution is 5.92. The zero-order valence-corrected chi connectivity index (χ0v) is 14.0. The van der Waals surface area contributed by atoms with Gasteiger partial charge in [0.15, 0.2) is 0 Å². The molecule has 0 saturated carbocycles. The lowest BCUT2D eigenvalue weighted by molar-refractivity contribution is -0.116. The van der Waals surface area contributed by atoms with Crippen molar-refractivity contribution < 1.29 is 4.79 Å². The van der Waals surface area contributed by atoms with Crippen LogP contribution in [-0.2, 0) is 17.9 Å². The topological polar surface area (TPSA) is 56.0 Å². The predicted molar refractivity (Wildman–Crippen MR) is 96.3 cm³/mol. The van der Waals surface area contributed by atoms with Gasteiger partial charge >= 0.3 is 5.69 Å². The highest BCUT2D eigenvalue weighted by atomic mass is 16.2.